The third kappa shape index (κ3) is 2.02. The molecule has 90 valence electrons. The molecule has 0 amide bonds. The lowest BCUT2D eigenvalue weighted by Crippen LogP contribution is -2.55. The molecule has 2 nitrogen and oxygen atoms in total. The van der Waals surface area contributed by atoms with Gasteiger partial charge in [0.2, 0.25) is 0 Å². The molecule has 1 aromatic carbocycles. The van der Waals surface area contributed by atoms with Gasteiger partial charge in [0, 0.05) is 5.02 Å². The van der Waals surface area contributed by atoms with Gasteiger partial charge in [-0.05, 0) is 30.3 Å². The molecule has 1 aliphatic carbocycles. The van der Waals surface area contributed by atoms with Crippen LogP contribution in [-0.4, -0.2) is 28.5 Å². The largest absolute Gasteiger partial charge is 0.304 e. The maximum Gasteiger partial charge on any atom is 0.146 e. The van der Waals surface area contributed by atoms with Crippen molar-refractivity contribution in [3.63, 3.8) is 0 Å². The van der Waals surface area contributed by atoms with E-state index in [-0.39, 0.29) is 5.78 Å². The quantitative estimate of drug-likeness (QED) is 0.821. The molecule has 1 aliphatic rings. The van der Waals surface area contributed by atoms with Crippen molar-refractivity contribution >= 4 is 33.1 Å². The molecule has 1 atom stereocenters. The Bertz CT molecular complexity index is 478. The number of hydrogen-bond acceptors (Lipinski definition) is 2. The molecule has 0 aliphatic heterocycles. The molecule has 0 saturated heterocycles. The number of benzene rings is 1. The molecule has 1 saturated carbocycles. The molecule has 2 rings (SSSR count). The average molecular weight is 257 g/mol. The van der Waals surface area contributed by atoms with Gasteiger partial charge in [0.25, 0.3) is 0 Å². The summed E-state index contributed by atoms with van der Waals surface area (Å²) in [4.78, 5) is 12.6. The maximum absolute atomic E-state index is 12.6. The van der Waals surface area contributed by atoms with Crippen molar-refractivity contribution < 1.29 is 4.79 Å². The van der Waals surface area contributed by atoms with E-state index in [1.807, 2.05) is 18.2 Å². The van der Waals surface area contributed by atoms with Crippen LogP contribution in [0.15, 0.2) is 24.3 Å². The van der Waals surface area contributed by atoms with Gasteiger partial charge in [-0.3, -0.25) is 4.79 Å². The number of likely N-dealkylation sites (N-methyl/N-ethyl adjacent to an activating group) is 1. The van der Waals surface area contributed by atoms with Crippen LogP contribution in [-0.2, 0) is 10.3 Å². The maximum atomic E-state index is 12.6. The van der Waals surface area contributed by atoms with Crippen molar-refractivity contribution in [3.05, 3.63) is 34.9 Å². The zero-order chi connectivity index (χ0) is 13.4. The first-order valence-corrected chi connectivity index (χ1v) is 6.38. The molecule has 1 N–H and O–H groups in total. The first-order chi connectivity index (χ1) is 8.44. The van der Waals surface area contributed by atoms with Gasteiger partial charge in [0.1, 0.15) is 11.3 Å². The summed E-state index contributed by atoms with van der Waals surface area (Å²) in [5.41, 5.74) is -0.126. The molecular weight excluding hydrogens is 243 g/mol. The molecule has 0 bridgehead atoms. The fourth-order valence-electron chi connectivity index (χ4n) is 2.71. The normalized spacial score (nSPS) is 27.1. The third-order valence-electron chi connectivity index (χ3n) is 3.71. The molecule has 5 heteroatoms. The summed E-state index contributed by atoms with van der Waals surface area (Å²) < 4.78 is 0. The standard InChI is InChI=1S/C13H14B2ClNO/c1-17-12(9-5-2-3-6-10(9)16)7-4-8-13(14,15)11(12)18/h2-3,5-6,17H,4,7-8H2,1H3. The van der Waals surface area contributed by atoms with E-state index in [1.54, 1.807) is 13.1 Å². The van der Waals surface area contributed by atoms with Gasteiger partial charge in [-0.15, -0.1) is 0 Å². The number of Topliss-reactive ketones (excluding diaryl/α,β-unsaturated/α-hetero) is 1. The first kappa shape index (κ1) is 13.7. The highest BCUT2D eigenvalue weighted by molar-refractivity contribution is 6.52. The van der Waals surface area contributed by atoms with Gasteiger partial charge in [-0.2, -0.15) is 0 Å². The second-order valence-corrected chi connectivity index (χ2v) is 5.27. The molecular formula is C13H14B2ClNO. The predicted molar refractivity (Wildman–Crippen MR) is 75.2 cm³/mol. The zero-order valence-corrected chi connectivity index (χ0v) is 11.1. The topological polar surface area (TPSA) is 29.1 Å². The average Bonchev–Trinajstić information content (AvgIpc) is 2.34. The number of carbonyl (C=O) groups excluding carboxylic acids is 1. The van der Waals surface area contributed by atoms with Gasteiger partial charge >= 0.3 is 0 Å². The summed E-state index contributed by atoms with van der Waals surface area (Å²) in [6.07, 6.45) is 1.94. The van der Waals surface area contributed by atoms with Crippen LogP contribution < -0.4 is 5.32 Å². The predicted octanol–water partition coefficient (Wildman–Crippen LogP) is 1.96. The summed E-state index contributed by atoms with van der Waals surface area (Å²) in [7, 11) is 13.5. The summed E-state index contributed by atoms with van der Waals surface area (Å²) in [6.45, 7) is 0. The Labute approximate surface area is 115 Å². The monoisotopic (exact) mass is 257 g/mol. The Morgan fingerprint density at radius 1 is 1.28 bits per heavy atom. The van der Waals surface area contributed by atoms with Gasteiger partial charge in [0.15, 0.2) is 0 Å². The molecule has 0 heterocycles. The van der Waals surface area contributed by atoms with Gasteiger partial charge in [-0.1, -0.05) is 42.6 Å². The highest BCUT2D eigenvalue weighted by Gasteiger charge is 2.48. The second kappa shape index (κ2) is 4.75. The van der Waals surface area contributed by atoms with E-state index in [2.05, 4.69) is 5.32 Å². The summed E-state index contributed by atoms with van der Waals surface area (Å²) >= 11 is 6.21. The lowest BCUT2D eigenvalue weighted by molar-refractivity contribution is -0.129. The molecule has 0 spiro atoms. The lowest BCUT2D eigenvalue weighted by Gasteiger charge is -2.44. The minimum atomic E-state index is -1.29. The van der Waals surface area contributed by atoms with Gasteiger partial charge in [0.05, 0.1) is 15.7 Å². The van der Waals surface area contributed by atoms with E-state index in [9.17, 15) is 4.79 Å². The summed E-state index contributed by atoms with van der Waals surface area (Å²) in [6, 6.07) is 7.31. The highest BCUT2D eigenvalue weighted by atomic mass is 35.5. The Hall–Kier alpha value is -0.730. The molecule has 18 heavy (non-hydrogen) atoms. The number of rotatable bonds is 2. The zero-order valence-electron chi connectivity index (χ0n) is 10.4. The minimum absolute atomic E-state index is 0.197. The van der Waals surface area contributed by atoms with Crippen molar-refractivity contribution in [2.45, 2.75) is 30.0 Å². The van der Waals surface area contributed by atoms with Crippen LogP contribution in [0.1, 0.15) is 24.8 Å². The van der Waals surface area contributed by atoms with Crippen LogP contribution in [0.4, 0.5) is 0 Å². The Kier molecular flexibility index (Phi) is 3.61. The fraction of sp³-hybridized carbons (Fsp3) is 0.462. The summed E-state index contributed by atoms with van der Waals surface area (Å²) in [5, 5.41) is 2.35. The first-order valence-electron chi connectivity index (χ1n) is 6.00. The Morgan fingerprint density at radius 3 is 2.56 bits per heavy atom. The van der Waals surface area contributed by atoms with Crippen molar-refractivity contribution in [2.24, 2.45) is 0 Å². The lowest BCUT2D eigenvalue weighted by atomic mass is 9.44. The summed E-state index contributed by atoms with van der Waals surface area (Å²) in [5.74, 6) is -0.197. The van der Waals surface area contributed by atoms with Crippen LogP contribution in [0.3, 0.4) is 0 Å². The van der Waals surface area contributed by atoms with Crippen molar-refractivity contribution in [1.29, 1.82) is 0 Å². The van der Waals surface area contributed by atoms with Crippen LogP contribution in [0.2, 0.25) is 10.2 Å². The molecule has 4 radical (unpaired) electrons. The van der Waals surface area contributed by atoms with Gasteiger partial charge in [-0.25, -0.2) is 0 Å². The van der Waals surface area contributed by atoms with E-state index in [0.29, 0.717) is 17.9 Å². The van der Waals surface area contributed by atoms with E-state index >= 15 is 0 Å². The Balaban J connectivity index is 2.55. The van der Waals surface area contributed by atoms with E-state index in [1.165, 1.54) is 0 Å². The van der Waals surface area contributed by atoms with E-state index in [0.717, 1.165) is 12.0 Å². The number of nitrogens with one attached hydrogen (secondary N) is 1. The number of halogens is 1. The smallest absolute Gasteiger partial charge is 0.146 e. The fourth-order valence-corrected chi connectivity index (χ4v) is 3.00. The number of ketones is 1. The van der Waals surface area contributed by atoms with Crippen LogP contribution in [0, 0.1) is 0 Å². The highest BCUT2D eigenvalue weighted by Crippen LogP contribution is 2.45. The number of hydrogen-bond donors (Lipinski definition) is 1. The van der Waals surface area contributed by atoms with E-state index in [4.69, 9.17) is 27.3 Å². The SMILES string of the molecule is [B]C1([B])CCCC(NC)(c2ccccc2Cl)C1=O. The molecule has 1 unspecified atom stereocenters. The van der Waals surface area contributed by atoms with Crippen LogP contribution in [0.5, 0.6) is 0 Å². The Morgan fingerprint density at radius 2 is 1.94 bits per heavy atom. The van der Waals surface area contributed by atoms with Crippen LogP contribution >= 0.6 is 11.6 Å². The van der Waals surface area contributed by atoms with Crippen molar-refractivity contribution in [3.8, 4) is 0 Å². The minimum Gasteiger partial charge on any atom is -0.304 e. The third-order valence-corrected chi connectivity index (χ3v) is 4.04. The van der Waals surface area contributed by atoms with Crippen LogP contribution in [0.25, 0.3) is 0 Å². The van der Waals surface area contributed by atoms with Crippen molar-refractivity contribution in [2.75, 3.05) is 7.05 Å². The van der Waals surface area contributed by atoms with Crippen molar-refractivity contribution in [1.82, 2.24) is 5.32 Å². The second-order valence-electron chi connectivity index (χ2n) is 4.86. The molecule has 1 fully saturated rings. The number of carbonyl (C=O) groups is 1. The van der Waals surface area contributed by atoms with Gasteiger partial charge < -0.3 is 5.32 Å². The molecule has 0 aromatic heterocycles. The van der Waals surface area contributed by atoms with E-state index < -0.39 is 10.8 Å². The molecule has 1 aromatic rings.